The Kier molecular flexibility index (Phi) is 4.10. The number of aliphatic imine (C=N–C) groups is 1. The van der Waals surface area contributed by atoms with Gasteiger partial charge in [-0.2, -0.15) is 0 Å². The second-order valence-corrected chi connectivity index (χ2v) is 16.0. The summed E-state index contributed by atoms with van der Waals surface area (Å²) in [5, 5.41) is 5.48. The van der Waals surface area contributed by atoms with Crippen LogP contribution in [0.1, 0.15) is 5.69 Å². The summed E-state index contributed by atoms with van der Waals surface area (Å²) in [6.45, 7) is 13.1. The lowest BCUT2D eigenvalue weighted by Gasteiger charge is -2.39. The first-order valence-electron chi connectivity index (χ1n) is 6.75. The maximum absolute atomic E-state index is 6.15. The van der Waals surface area contributed by atoms with Crippen molar-refractivity contribution in [2.24, 2.45) is 4.99 Å². The smallest absolute Gasteiger partial charge is 0.233 e. The molecule has 1 aliphatic rings. The van der Waals surface area contributed by atoms with Crippen molar-refractivity contribution in [3.63, 3.8) is 0 Å². The Balaban J connectivity index is 2.34. The van der Waals surface area contributed by atoms with Gasteiger partial charge >= 0.3 is 0 Å². The van der Waals surface area contributed by atoms with Gasteiger partial charge in [-0.3, -0.25) is 5.09 Å². The highest BCUT2D eigenvalue weighted by Crippen LogP contribution is 2.23. The summed E-state index contributed by atoms with van der Waals surface area (Å²) >= 11 is 0. The largest absolute Gasteiger partial charge is 0.380 e. The number of fused-ring (bicyclic) bond motifs is 1. The van der Waals surface area contributed by atoms with Gasteiger partial charge in [0.25, 0.3) is 0 Å². The average molecular weight is 310 g/mol. The fourth-order valence-electron chi connectivity index (χ4n) is 1.79. The van der Waals surface area contributed by atoms with Gasteiger partial charge in [-0.1, -0.05) is 19.6 Å². The van der Waals surface area contributed by atoms with Crippen LogP contribution in [0.15, 0.2) is 17.4 Å². The standard InChI is InChI=1S/C12H23N5OSi2/c1-19(2,3)16-17-11-10(13-7-8-14-11)9-15-12(17)18-20(4,5)6/h7-9,12,16H,1-6H3. The van der Waals surface area contributed by atoms with Crippen molar-refractivity contribution in [3.8, 4) is 0 Å². The predicted molar refractivity (Wildman–Crippen MR) is 86.8 cm³/mol. The van der Waals surface area contributed by atoms with Gasteiger partial charge in [0.1, 0.15) is 13.9 Å². The van der Waals surface area contributed by atoms with Crippen LogP contribution in [0.3, 0.4) is 0 Å². The van der Waals surface area contributed by atoms with E-state index < -0.39 is 16.6 Å². The summed E-state index contributed by atoms with van der Waals surface area (Å²) in [7, 11) is -3.27. The zero-order valence-corrected chi connectivity index (χ0v) is 15.0. The summed E-state index contributed by atoms with van der Waals surface area (Å²) in [5.41, 5.74) is 0.772. The number of anilines is 1. The van der Waals surface area contributed by atoms with Gasteiger partial charge in [0.05, 0.1) is 6.21 Å². The molecule has 1 aromatic heterocycles. The van der Waals surface area contributed by atoms with Gasteiger partial charge in [-0.25, -0.2) is 20.0 Å². The Morgan fingerprint density at radius 1 is 1.10 bits per heavy atom. The molecule has 1 aliphatic heterocycles. The lowest BCUT2D eigenvalue weighted by molar-refractivity contribution is 0.189. The molecule has 2 rings (SSSR count). The molecule has 6 nitrogen and oxygen atoms in total. The van der Waals surface area contributed by atoms with E-state index in [2.05, 4.69) is 59.3 Å². The van der Waals surface area contributed by atoms with E-state index in [4.69, 9.17) is 4.43 Å². The van der Waals surface area contributed by atoms with E-state index in [1.165, 1.54) is 0 Å². The third kappa shape index (κ3) is 3.95. The maximum Gasteiger partial charge on any atom is 0.233 e. The van der Waals surface area contributed by atoms with Crippen LogP contribution in [0.2, 0.25) is 39.3 Å². The molecule has 0 radical (unpaired) electrons. The Bertz CT molecular complexity index is 509. The fourth-order valence-corrected chi connectivity index (χ4v) is 3.53. The highest BCUT2D eigenvalue weighted by molar-refractivity contribution is 6.73. The Morgan fingerprint density at radius 2 is 1.75 bits per heavy atom. The van der Waals surface area contributed by atoms with Crippen LogP contribution < -0.4 is 10.1 Å². The normalized spacial score (nSPS) is 19.1. The molecule has 0 amide bonds. The number of nitrogens with one attached hydrogen (secondary N) is 1. The summed E-state index contributed by atoms with van der Waals surface area (Å²) in [5.74, 6) is 0.785. The molecule has 2 heterocycles. The van der Waals surface area contributed by atoms with Gasteiger partial charge in [0, 0.05) is 12.4 Å². The first-order valence-corrected chi connectivity index (χ1v) is 13.7. The van der Waals surface area contributed by atoms with Crippen molar-refractivity contribution in [3.05, 3.63) is 18.1 Å². The van der Waals surface area contributed by atoms with Gasteiger partial charge in [0.2, 0.25) is 6.35 Å². The number of hydrogen-bond donors (Lipinski definition) is 1. The average Bonchev–Trinajstić information content (AvgIpc) is 2.29. The minimum absolute atomic E-state index is 0.363. The van der Waals surface area contributed by atoms with E-state index in [-0.39, 0.29) is 6.35 Å². The molecule has 0 saturated carbocycles. The minimum Gasteiger partial charge on any atom is -0.380 e. The Hall–Kier alpha value is -1.10. The van der Waals surface area contributed by atoms with Crippen molar-refractivity contribution in [1.82, 2.24) is 15.1 Å². The van der Waals surface area contributed by atoms with E-state index in [9.17, 15) is 0 Å². The van der Waals surface area contributed by atoms with Gasteiger partial charge in [-0.15, -0.1) is 0 Å². The Morgan fingerprint density at radius 3 is 2.35 bits per heavy atom. The van der Waals surface area contributed by atoms with Crippen molar-refractivity contribution >= 4 is 28.6 Å². The number of hydrogen-bond acceptors (Lipinski definition) is 6. The van der Waals surface area contributed by atoms with E-state index in [0.717, 1.165) is 11.5 Å². The molecule has 0 aliphatic carbocycles. The van der Waals surface area contributed by atoms with Crippen LogP contribution in [0, 0.1) is 0 Å². The third-order valence-electron chi connectivity index (χ3n) is 2.39. The molecule has 0 saturated heterocycles. The predicted octanol–water partition coefficient (Wildman–Crippen LogP) is 2.19. The number of aromatic nitrogens is 2. The molecule has 1 N–H and O–H groups in total. The van der Waals surface area contributed by atoms with Gasteiger partial charge in [-0.05, 0) is 19.6 Å². The summed E-state index contributed by atoms with van der Waals surface area (Å²) in [6, 6.07) is 0. The lowest BCUT2D eigenvalue weighted by Crippen LogP contribution is -2.60. The molecule has 0 bridgehead atoms. The Labute approximate surface area is 122 Å². The SMILES string of the molecule is C[Si](C)(C)NN1c2nccnc2C=NC1O[Si](C)(C)C. The highest BCUT2D eigenvalue weighted by Gasteiger charge is 2.33. The molecular weight excluding hydrogens is 286 g/mol. The van der Waals surface area contributed by atoms with E-state index in [0.29, 0.717) is 0 Å². The molecular formula is C12H23N5OSi2. The molecule has 0 aromatic carbocycles. The third-order valence-corrected chi connectivity index (χ3v) is 4.22. The zero-order valence-electron chi connectivity index (χ0n) is 13.0. The van der Waals surface area contributed by atoms with Crippen LogP contribution in [-0.4, -0.2) is 39.1 Å². The first-order chi connectivity index (χ1) is 9.16. The molecule has 0 fully saturated rings. The second kappa shape index (κ2) is 5.36. The quantitative estimate of drug-likeness (QED) is 0.864. The zero-order chi connectivity index (χ0) is 15.0. The molecule has 1 unspecified atom stereocenters. The number of rotatable bonds is 4. The lowest BCUT2D eigenvalue weighted by atomic mass is 10.4. The molecule has 20 heavy (non-hydrogen) atoms. The van der Waals surface area contributed by atoms with Crippen LogP contribution in [0.4, 0.5) is 5.82 Å². The van der Waals surface area contributed by atoms with E-state index in [1.807, 2.05) is 5.01 Å². The summed E-state index contributed by atoms with van der Waals surface area (Å²) in [6.07, 6.45) is 4.76. The van der Waals surface area contributed by atoms with Gasteiger partial charge in [0.15, 0.2) is 14.1 Å². The monoisotopic (exact) mass is 309 g/mol. The van der Waals surface area contributed by atoms with Crippen molar-refractivity contribution in [1.29, 1.82) is 0 Å². The van der Waals surface area contributed by atoms with Crippen LogP contribution in [0.25, 0.3) is 0 Å². The molecule has 1 atom stereocenters. The van der Waals surface area contributed by atoms with E-state index >= 15 is 0 Å². The summed E-state index contributed by atoms with van der Waals surface area (Å²) in [4.78, 5) is 13.2. The van der Waals surface area contributed by atoms with E-state index in [1.54, 1.807) is 18.6 Å². The van der Waals surface area contributed by atoms with Crippen LogP contribution in [0.5, 0.6) is 0 Å². The summed E-state index contributed by atoms with van der Waals surface area (Å²) < 4.78 is 6.15. The van der Waals surface area contributed by atoms with Crippen molar-refractivity contribution < 1.29 is 4.43 Å². The van der Waals surface area contributed by atoms with Crippen molar-refractivity contribution in [2.75, 3.05) is 5.01 Å². The number of nitrogens with zero attached hydrogens (tertiary/aromatic N) is 4. The molecule has 110 valence electrons. The fraction of sp³-hybridized carbons (Fsp3) is 0.583. The topological polar surface area (TPSA) is 62.6 Å². The van der Waals surface area contributed by atoms with Gasteiger partial charge < -0.3 is 4.43 Å². The minimum atomic E-state index is -1.71. The first kappa shape index (κ1) is 15.3. The van der Waals surface area contributed by atoms with Crippen LogP contribution >= 0.6 is 0 Å². The second-order valence-electron chi connectivity index (χ2n) is 6.83. The maximum atomic E-state index is 6.15. The number of hydrazine groups is 1. The molecule has 0 spiro atoms. The molecule has 1 aromatic rings. The molecule has 8 heteroatoms. The van der Waals surface area contributed by atoms with Crippen molar-refractivity contribution in [2.45, 2.75) is 45.6 Å². The highest BCUT2D eigenvalue weighted by atomic mass is 28.4. The van der Waals surface area contributed by atoms with Crippen LogP contribution in [-0.2, 0) is 4.43 Å².